The standard InChI is InChI=1S/C10H20N4/c1-4-6-11-9(5-2)7-10-12-8-13-14(10)3/h8-9,11H,4-7H2,1-3H3. The Labute approximate surface area is 85.7 Å². The predicted molar refractivity (Wildman–Crippen MR) is 57.1 cm³/mol. The van der Waals surface area contributed by atoms with Gasteiger partial charge in [0, 0.05) is 19.5 Å². The Kier molecular flexibility index (Phi) is 4.59. The molecule has 80 valence electrons. The van der Waals surface area contributed by atoms with E-state index in [9.17, 15) is 0 Å². The summed E-state index contributed by atoms with van der Waals surface area (Å²) in [5.41, 5.74) is 0. The third-order valence-corrected chi connectivity index (χ3v) is 2.41. The molecular weight excluding hydrogens is 176 g/mol. The Hall–Kier alpha value is -0.900. The molecule has 0 aliphatic rings. The number of aryl methyl sites for hydroxylation is 1. The topological polar surface area (TPSA) is 42.7 Å². The summed E-state index contributed by atoms with van der Waals surface area (Å²) < 4.78 is 1.84. The molecule has 0 fully saturated rings. The highest BCUT2D eigenvalue weighted by atomic mass is 15.3. The SMILES string of the molecule is CCCNC(CC)Cc1ncnn1C. The van der Waals surface area contributed by atoms with Crippen LogP contribution in [0.25, 0.3) is 0 Å². The first kappa shape index (κ1) is 11.2. The zero-order valence-electron chi connectivity index (χ0n) is 9.32. The van der Waals surface area contributed by atoms with Gasteiger partial charge in [-0.1, -0.05) is 13.8 Å². The third kappa shape index (κ3) is 3.10. The number of aromatic nitrogens is 3. The maximum atomic E-state index is 4.22. The van der Waals surface area contributed by atoms with Crippen LogP contribution >= 0.6 is 0 Å². The lowest BCUT2D eigenvalue weighted by Gasteiger charge is -2.15. The lowest BCUT2D eigenvalue weighted by atomic mass is 10.1. The molecule has 0 saturated heterocycles. The molecule has 0 aromatic carbocycles. The van der Waals surface area contributed by atoms with Crippen LogP contribution in [0.15, 0.2) is 6.33 Å². The molecule has 0 spiro atoms. The van der Waals surface area contributed by atoms with Crippen molar-refractivity contribution in [2.45, 2.75) is 39.2 Å². The van der Waals surface area contributed by atoms with Gasteiger partial charge in [-0.25, -0.2) is 4.98 Å². The minimum atomic E-state index is 0.526. The minimum absolute atomic E-state index is 0.526. The molecule has 1 N–H and O–H groups in total. The molecule has 1 rings (SSSR count). The summed E-state index contributed by atoms with van der Waals surface area (Å²) in [6.45, 7) is 5.46. The van der Waals surface area contributed by atoms with E-state index in [0.717, 1.165) is 25.2 Å². The van der Waals surface area contributed by atoms with Gasteiger partial charge in [-0.05, 0) is 19.4 Å². The molecule has 4 heteroatoms. The van der Waals surface area contributed by atoms with Crippen molar-refractivity contribution in [1.29, 1.82) is 0 Å². The van der Waals surface area contributed by atoms with Crippen LogP contribution in [0, 0.1) is 0 Å². The second kappa shape index (κ2) is 5.75. The minimum Gasteiger partial charge on any atom is -0.314 e. The summed E-state index contributed by atoms with van der Waals surface area (Å²) in [5.74, 6) is 1.06. The van der Waals surface area contributed by atoms with Crippen molar-refractivity contribution in [3.63, 3.8) is 0 Å². The Morgan fingerprint density at radius 1 is 1.50 bits per heavy atom. The van der Waals surface area contributed by atoms with Crippen LogP contribution < -0.4 is 5.32 Å². The van der Waals surface area contributed by atoms with Crippen molar-refractivity contribution < 1.29 is 0 Å². The van der Waals surface area contributed by atoms with Gasteiger partial charge in [-0.3, -0.25) is 4.68 Å². The van der Waals surface area contributed by atoms with E-state index in [1.165, 1.54) is 6.42 Å². The summed E-state index contributed by atoms with van der Waals surface area (Å²) >= 11 is 0. The molecule has 1 heterocycles. The number of rotatable bonds is 6. The molecular formula is C10H20N4. The molecule has 1 atom stereocenters. The number of nitrogens with zero attached hydrogens (tertiary/aromatic N) is 3. The normalized spacial score (nSPS) is 13.1. The highest BCUT2D eigenvalue weighted by molar-refractivity contribution is 4.88. The molecule has 0 radical (unpaired) electrons. The fraction of sp³-hybridized carbons (Fsp3) is 0.800. The van der Waals surface area contributed by atoms with Gasteiger partial charge in [0.05, 0.1) is 0 Å². The lowest BCUT2D eigenvalue weighted by molar-refractivity contribution is 0.476. The van der Waals surface area contributed by atoms with Crippen LogP contribution in [0.5, 0.6) is 0 Å². The molecule has 4 nitrogen and oxygen atoms in total. The number of hydrogen-bond acceptors (Lipinski definition) is 3. The molecule has 0 aliphatic heterocycles. The van der Waals surface area contributed by atoms with Crippen LogP contribution in [-0.4, -0.2) is 27.4 Å². The molecule has 1 aromatic rings. The molecule has 0 amide bonds. The van der Waals surface area contributed by atoms with E-state index in [1.807, 2.05) is 11.7 Å². The highest BCUT2D eigenvalue weighted by Crippen LogP contribution is 2.01. The van der Waals surface area contributed by atoms with Crippen LogP contribution in [0.1, 0.15) is 32.5 Å². The van der Waals surface area contributed by atoms with Crippen LogP contribution in [0.4, 0.5) is 0 Å². The predicted octanol–water partition coefficient (Wildman–Crippen LogP) is 1.14. The Bertz CT molecular complexity index is 256. The number of hydrogen-bond donors (Lipinski definition) is 1. The molecule has 0 saturated carbocycles. The van der Waals surface area contributed by atoms with Gasteiger partial charge in [0.15, 0.2) is 0 Å². The van der Waals surface area contributed by atoms with Crippen LogP contribution in [0.2, 0.25) is 0 Å². The van der Waals surface area contributed by atoms with Crippen LogP contribution in [-0.2, 0) is 13.5 Å². The molecule has 0 bridgehead atoms. The van der Waals surface area contributed by atoms with E-state index in [4.69, 9.17) is 0 Å². The summed E-state index contributed by atoms with van der Waals surface area (Å²) in [6.07, 6.45) is 4.89. The zero-order chi connectivity index (χ0) is 10.4. The van der Waals surface area contributed by atoms with Crippen molar-refractivity contribution in [1.82, 2.24) is 20.1 Å². The number of nitrogens with one attached hydrogen (secondary N) is 1. The van der Waals surface area contributed by atoms with E-state index in [2.05, 4.69) is 29.2 Å². The summed E-state index contributed by atoms with van der Waals surface area (Å²) in [7, 11) is 1.94. The average Bonchev–Trinajstić information content (AvgIpc) is 2.59. The van der Waals surface area contributed by atoms with Gasteiger partial charge >= 0.3 is 0 Å². The van der Waals surface area contributed by atoms with E-state index in [-0.39, 0.29) is 0 Å². The van der Waals surface area contributed by atoms with Crippen molar-refractivity contribution >= 4 is 0 Å². The fourth-order valence-corrected chi connectivity index (χ4v) is 1.43. The van der Waals surface area contributed by atoms with Crippen LogP contribution in [0.3, 0.4) is 0 Å². The zero-order valence-corrected chi connectivity index (χ0v) is 9.32. The molecule has 1 unspecified atom stereocenters. The van der Waals surface area contributed by atoms with Gasteiger partial charge in [-0.2, -0.15) is 5.10 Å². The van der Waals surface area contributed by atoms with Crippen molar-refractivity contribution in [2.24, 2.45) is 7.05 Å². The summed E-state index contributed by atoms with van der Waals surface area (Å²) in [6, 6.07) is 0.526. The van der Waals surface area contributed by atoms with E-state index in [0.29, 0.717) is 6.04 Å². The largest absolute Gasteiger partial charge is 0.314 e. The van der Waals surface area contributed by atoms with Gasteiger partial charge in [0.25, 0.3) is 0 Å². The second-order valence-electron chi connectivity index (χ2n) is 3.56. The van der Waals surface area contributed by atoms with E-state index in [1.54, 1.807) is 6.33 Å². The molecule has 1 aromatic heterocycles. The maximum Gasteiger partial charge on any atom is 0.138 e. The first-order valence-corrected chi connectivity index (χ1v) is 5.34. The van der Waals surface area contributed by atoms with E-state index < -0.39 is 0 Å². The van der Waals surface area contributed by atoms with Gasteiger partial charge < -0.3 is 5.32 Å². The summed E-state index contributed by atoms with van der Waals surface area (Å²) in [5, 5.41) is 7.57. The maximum absolute atomic E-state index is 4.22. The Morgan fingerprint density at radius 3 is 2.79 bits per heavy atom. The Morgan fingerprint density at radius 2 is 2.29 bits per heavy atom. The van der Waals surface area contributed by atoms with Crippen molar-refractivity contribution in [3.05, 3.63) is 12.2 Å². The average molecular weight is 196 g/mol. The van der Waals surface area contributed by atoms with Crippen molar-refractivity contribution in [2.75, 3.05) is 6.54 Å². The first-order valence-electron chi connectivity index (χ1n) is 5.34. The smallest absolute Gasteiger partial charge is 0.138 e. The monoisotopic (exact) mass is 196 g/mol. The summed E-state index contributed by atoms with van der Waals surface area (Å²) in [4.78, 5) is 4.22. The second-order valence-corrected chi connectivity index (χ2v) is 3.56. The first-order chi connectivity index (χ1) is 6.77. The quantitative estimate of drug-likeness (QED) is 0.742. The highest BCUT2D eigenvalue weighted by Gasteiger charge is 2.09. The molecule has 0 aliphatic carbocycles. The lowest BCUT2D eigenvalue weighted by Crippen LogP contribution is -2.32. The van der Waals surface area contributed by atoms with Crippen molar-refractivity contribution in [3.8, 4) is 0 Å². The van der Waals surface area contributed by atoms with E-state index >= 15 is 0 Å². The van der Waals surface area contributed by atoms with Gasteiger partial charge in [0.2, 0.25) is 0 Å². The fourth-order valence-electron chi connectivity index (χ4n) is 1.43. The van der Waals surface area contributed by atoms with Gasteiger partial charge in [-0.15, -0.1) is 0 Å². The Balaban J connectivity index is 2.44. The van der Waals surface area contributed by atoms with Gasteiger partial charge in [0.1, 0.15) is 12.2 Å². The third-order valence-electron chi connectivity index (χ3n) is 2.41. The molecule has 14 heavy (non-hydrogen) atoms.